The van der Waals surface area contributed by atoms with E-state index in [0.717, 1.165) is 0 Å². The minimum atomic E-state index is -4.76. The van der Waals surface area contributed by atoms with Crippen molar-refractivity contribution in [1.29, 1.82) is 0 Å². The average Bonchev–Trinajstić information content (AvgIpc) is 2.43. The van der Waals surface area contributed by atoms with Crippen LogP contribution >= 0.6 is 0 Å². The van der Waals surface area contributed by atoms with Crippen LogP contribution in [0.3, 0.4) is 0 Å². The molecule has 1 heterocycles. The number of amidine groups is 1. The van der Waals surface area contributed by atoms with E-state index in [4.69, 9.17) is 10.9 Å². The molecule has 0 radical (unpaired) electrons. The summed E-state index contributed by atoms with van der Waals surface area (Å²) in [5.41, 5.74) is 5.67. The largest absolute Gasteiger partial charge is 0.409 e. The van der Waals surface area contributed by atoms with Gasteiger partial charge in [0, 0.05) is 31.9 Å². The topological polar surface area (TPSA) is 109 Å². The van der Waals surface area contributed by atoms with Crippen molar-refractivity contribution in [2.45, 2.75) is 18.7 Å². The number of pyridine rings is 1. The smallest absolute Gasteiger partial charge is 0.350 e. The summed E-state index contributed by atoms with van der Waals surface area (Å²) in [5.74, 6) is -3.78. The van der Waals surface area contributed by atoms with E-state index in [1.165, 1.54) is 12.4 Å². The lowest BCUT2D eigenvalue weighted by molar-refractivity contribution is 0.218. The number of hydrogen-bond donors (Lipinski definition) is 2. The van der Waals surface area contributed by atoms with Gasteiger partial charge >= 0.3 is 5.76 Å². The van der Waals surface area contributed by atoms with E-state index < -0.39 is 15.8 Å². The summed E-state index contributed by atoms with van der Waals surface area (Å²) in [6.07, 6.45) is 2.69. The van der Waals surface area contributed by atoms with Crippen molar-refractivity contribution in [3.05, 3.63) is 30.1 Å². The molecule has 0 amide bonds. The van der Waals surface area contributed by atoms with Crippen LogP contribution in [0.5, 0.6) is 0 Å². The molecular formula is C10H14F2N4O3S. The third-order valence-corrected chi connectivity index (χ3v) is 3.89. The summed E-state index contributed by atoms with van der Waals surface area (Å²) >= 11 is 0. The molecule has 0 aliphatic carbocycles. The number of halogens is 2. The molecule has 0 saturated heterocycles. The normalized spacial score (nSPS) is 13.1. The number of rotatable bonds is 7. The maximum absolute atomic E-state index is 12.6. The Morgan fingerprint density at radius 1 is 1.55 bits per heavy atom. The average molecular weight is 308 g/mol. The van der Waals surface area contributed by atoms with Gasteiger partial charge in [-0.1, -0.05) is 11.2 Å². The van der Waals surface area contributed by atoms with Gasteiger partial charge in [0.15, 0.2) is 0 Å². The van der Waals surface area contributed by atoms with Crippen LogP contribution in [-0.4, -0.2) is 41.1 Å². The van der Waals surface area contributed by atoms with Crippen molar-refractivity contribution in [3.63, 3.8) is 0 Å². The van der Waals surface area contributed by atoms with Crippen LogP contribution in [0, 0.1) is 0 Å². The van der Waals surface area contributed by atoms with Crippen LogP contribution in [0.2, 0.25) is 0 Å². The molecule has 1 rings (SSSR count). The van der Waals surface area contributed by atoms with Crippen molar-refractivity contribution >= 4 is 15.9 Å². The van der Waals surface area contributed by atoms with Crippen LogP contribution in [0.1, 0.15) is 12.0 Å². The first-order valence-electron chi connectivity index (χ1n) is 5.50. The van der Waals surface area contributed by atoms with Gasteiger partial charge in [0.1, 0.15) is 5.84 Å². The van der Waals surface area contributed by atoms with Gasteiger partial charge in [0.25, 0.3) is 10.0 Å². The van der Waals surface area contributed by atoms with Crippen molar-refractivity contribution in [3.8, 4) is 0 Å². The van der Waals surface area contributed by atoms with Gasteiger partial charge in [-0.25, -0.2) is 8.42 Å². The highest BCUT2D eigenvalue weighted by molar-refractivity contribution is 7.89. The molecule has 0 aromatic carbocycles. The van der Waals surface area contributed by atoms with E-state index in [9.17, 15) is 17.2 Å². The Labute approximate surface area is 114 Å². The number of nitrogens with two attached hydrogens (primary N) is 1. The summed E-state index contributed by atoms with van der Waals surface area (Å²) in [7, 11) is -4.76. The summed E-state index contributed by atoms with van der Waals surface area (Å²) in [5, 5.41) is 11.1. The molecule has 1 aromatic heterocycles. The summed E-state index contributed by atoms with van der Waals surface area (Å²) in [6, 6.07) is 3.12. The monoisotopic (exact) mass is 308 g/mol. The molecule has 1 aromatic rings. The van der Waals surface area contributed by atoms with Crippen molar-refractivity contribution in [2.24, 2.45) is 10.9 Å². The molecule has 0 aliphatic heterocycles. The van der Waals surface area contributed by atoms with Crippen LogP contribution < -0.4 is 5.73 Å². The van der Waals surface area contributed by atoms with E-state index in [-0.39, 0.29) is 25.3 Å². The highest BCUT2D eigenvalue weighted by Crippen LogP contribution is 2.16. The molecule has 112 valence electrons. The quantitative estimate of drug-likeness (QED) is 0.331. The second-order valence-corrected chi connectivity index (χ2v) is 5.74. The highest BCUT2D eigenvalue weighted by Gasteiger charge is 2.32. The predicted octanol–water partition coefficient (Wildman–Crippen LogP) is 0.572. The van der Waals surface area contributed by atoms with Gasteiger partial charge in [0.05, 0.1) is 0 Å². The Morgan fingerprint density at radius 3 is 2.75 bits per heavy atom. The van der Waals surface area contributed by atoms with Crippen LogP contribution in [0.4, 0.5) is 8.78 Å². The molecule has 0 unspecified atom stereocenters. The Balaban J connectivity index is 2.90. The number of sulfonamides is 1. The van der Waals surface area contributed by atoms with Gasteiger partial charge in [-0.2, -0.15) is 13.1 Å². The Bertz CT molecular complexity index is 551. The van der Waals surface area contributed by atoms with Gasteiger partial charge in [-0.3, -0.25) is 4.98 Å². The first kappa shape index (κ1) is 16.2. The van der Waals surface area contributed by atoms with Gasteiger partial charge < -0.3 is 10.9 Å². The molecule has 0 saturated carbocycles. The van der Waals surface area contributed by atoms with Crippen molar-refractivity contribution in [1.82, 2.24) is 9.29 Å². The van der Waals surface area contributed by atoms with Gasteiger partial charge in [-0.05, 0) is 11.6 Å². The lowest BCUT2D eigenvalue weighted by Gasteiger charge is -2.21. The lowest BCUT2D eigenvalue weighted by Crippen LogP contribution is -2.37. The first-order valence-corrected chi connectivity index (χ1v) is 7.00. The van der Waals surface area contributed by atoms with E-state index >= 15 is 0 Å². The molecular weight excluding hydrogens is 294 g/mol. The third-order valence-electron chi connectivity index (χ3n) is 2.41. The van der Waals surface area contributed by atoms with Gasteiger partial charge in [0.2, 0.25) is 0 Å². The van der Waals surface area contributed by atoms with Crippen molar-refractivity contribution in [2.75, 3.05) is 6.54 Å². The van der Waals surface area contributed by atoms with Crippen molar-refractivity contribution < 1.29 is 22.4 Å². The third kappa shape index (κ3) is 4.38. The molecule has 20 heavy (non-hydrogen) atoms. The molecule has 0 atom stereocenters. The predicted molar refractivity (Wildman–Crippen MR) is 67.6 cm³/mol. The Kier molecular flexibility index (Phi) is 5.77. The van der Waals surface area contributed by atoms with Gasteiger partial charge in [-0.15, -0.1) is 0 Å². The Hall–Kier alpha value is -1.81. The lowest BCUT2D eigenvalue weighted by atomic mass is 10.3. The fraction of sp³-hybridized carbons (Fsp3) is 0.400. The number of aromatic nitrogens is 1. The minimum Gasteiger partial charge on any atom is -0.409 e. The standard InChI is InChI=1S/C10H14F2N4O3S/c11-10(12)20(18,19)16(5-3-9(13)15-17)7-8-2-1-4-14-6-8/h1-2,4,6,10,17H,3,5,7H2,(H2,13,15). The zero-order chi connectivity index (χ0) is 15.2. The minimum absolute atomic E-state index is 0.164. The van der Waals surface area contributed by atoms with Crippen LogP contribution in [0.15, 0.2) is 29.7 Å². The van der Waals surface area contributed by atoms with E-state index in [2.05, 4.69) is 10.1 Å². The molecule has 0 fully saturated rings. The molecule has 10 heteroatoms. The number of oxime groups is 1. The second-order valence-electron chi connectivity index (χ2n) is 3.84. The summed E-state index contributed by atoms with van der Waals surface area (Å²) in [4.78, 5) is 3.78. The van der Waals surface area contributed by atoms with E-state index in [1.807, 2.05) is 0 Å². The van der Waals surface area contributed by atoms with Crippen LogP contribution in [0.25, 0.3) is 0 Å². The molecule has 3 N–H and O–H groups in total. The highest BCUT2D eigenvalue weighted by atomic mass is 32.2. The Morgan fingerprint density at radius 2 is 2.25 bits per heavy atom. The van der Waals surface area contributed by atoms with E-state index in [0.29, 0.717) is 9.87 Å². The maximum Gasteiger partial charge on any atom is 0.350 e. The number of alkyl halides is 2. The van der Waals surface area contributed by atoms with Crippen LogP contribution in [-0.2, 0) is 16.6 Å². The molecule has 7 nitrogen and oxygen atoms in total. The fourth-order valence-corrected chi connectivity index (χ4v) is 2.29. The number of nitrogens with zero attached hydrogens (tertiary/aromatic N) is 3. The first-order chi connectivity index (χ1) is 9.37. The summed E-state index contributed by atoms with van der Waals surface area (Å²) in [6.45, 7) is -0.587. The number of hydrogen-bond acceptors (Lipinski definition) is 5. The SMILES string of the molecule is N/C(CCN(Cc1cccnc1)S(=O)(=O)C(F)F)=N/O. The second kappa shape index (κ2) is 7.10. The van der Waals surface area contributed by atoms with E-state index in [1.54, 1.807) is 12.1 Å². The fourth-order valence-electron chi connectivity index (χ4n) is 1.39. The molecule has 0 aliphatic rings. The zero-order valence-corrected chi connectivity index (χ0v) is 11.2. The molecule has 0 spiro atoms. The zero-order valence-electron chi connectivity index (χ0n) is 10.4. The maximum atomic E-state index is 12.6. The molecule has 0 bridgehead atoms. The summed E-state index contributed by atoms with van der Waals surface area (Å²) < 4.78 is 48.9.